The van der Waals surface area contributed by atoms with E-state index < -0.39 is 0 Å². The fourth-order valence-corrected chi connectivity index (χ4v) is 2.65. The maximum Gasteiger partial charge on any atom is 0.222 e. The van der Waals surface area contributed by atoms with E-state index >= 15 is 0 Å². The summed E-state index contributed by atoms with van der Waals surface area (Å²) in [6.45, 7) is 3.17. The van der Waals surface area contributed by atoms with Crippen molar-refractivity contribution in [3.05, 3.63) is 0 Å². The molecule has 0 aromatic heterocycles. The Morgan fingerprint density at radius 2 is 1.88 bits per heavy atom. The van der Waals surface area contributed by atoms with Gasteiger partial charge in [-0.3, -0.25) is 4.79 Å². The summed E-state index contributed by atoms with van der Waals surface area (Å²) in [4.78, 5) is 14.0. The summed E-state index contributed by atoms with van der Waals surface area (Å²) in [5.41, 5.74) is 0. The molecular weight excluding hydrogens is 200 g/mol. The fraction of sp³-hybridized carbons (Fsp3) is 0.923. The number of hydrogen-bond acceptors (Lipinski definition) is 2. The number of amides is 1. The molecular formula is C13H24N2O. The van der Waals surface area contributed by atoms with E-state index in [1.165, 1.54) is 32.1 Å². The molecule has 0 bridgehead atoms. The maximum atomic E-state index is 12.0. The van der Waals surface area contributed by atoms with Crippen molar-refractivity contribution in [2.75, 3.05) is 26.7 Å². The first kappa shape index (κ1) is 11.9. The third kappa shape index (κ3) is 3.21. The quantitative estimate of drug-likeness (QED) is 0.787. The number of piperidine rings is 1. The van der Waals surface area contributed by atoms with Crippen molar-refractivity contribution in [2.45, 2.75) is 38.5 Å². The molecule has 0 aromatic rings. The highest BCUT2D eigenvalue weighted by atomic mass is 16.2. The van der Waals surface area contributed by atoms with Gasteiger partial charge in [-0.1, -0.05) is 6.42 Å². The lowest BCUT2D eigenvalue weighted by Crippen LogP contribution is -2.37. The molecule has 2 fully saturated rings. The lowest BCUT2D eigenvalue weighted by molar-refractivity contribution is -0.132. The summed E-state index contributed by atoms with van der Waals surface area (Å²) >= 11 is 0. The van der Waals surface area contributed by atoms with Gasteiger partial charge in [0.15, 0.2) is 0 Å². The van der Waals surface area contributed by atoms with Gasteiger partial charge in [-0.05, 0) is 50.6 Å². The number of rotatable bonds is 4. The van der Waals surface area contributed by atoms with Crippen LogP contribution in [0, 0.1) is 11.8 Å². The predicted octanol–water partition coefficient (Wildman–Crippen LogP) is 1.63. The van der Waals surface area contributed by atoms with Crippen molar-refractivity contribution in [1.82, 2.24) is 10.2 Å². The van der Waals surface area contributed by atoms with Crippen LogP contribution in [0.3, 0.4) is 0 Å². The van der Waals surface area contributed by atoms with E-state index in [2.05, 4.69) is 5.32 Å². The highest BCUT2D eigenvalue weighted by molar-refractivity contribution is 5.76. The van der Waals surface area contributed by atoms with Crippen LogP contribution in [0.5, 0.6) is 0 Å². The molecule has 1 aliphatic heterocycles. The normalized spacial score (nSPS) is 22.8. The standard InChI is InChI=1S/C13H24N2O/c1-15(10-12-3-2-4-12)13(16)9-11-5-7-14-8-6-11/h11-12,14H,2-10H2,1H3. The van der Waals surface area contributed by atoms with Gasteiger partial charge in [0.25, 0.3) is 0 Å². The topological polar surface area (TPSA) is 32.3 Å². The lowest BCUT2D eigenvalue weighted by atomic mass is 9.85. The smallest absolute Gasteiger partial charge is 0.222 e. The van der Waals surface area contributed by atoms with Crippen LogP contribution in [0.4, 0.5) is 0 Å². The van der Waals surface area contributed by atoms with Gasteiger partial charge in [-0.2, -0.15) is 0 Å². The molecule has 3 heteroatoms. The molecule has 0 unspecified atom stereocenters. The van der Waals surface area contributed by atoms with Crippen LogP contribution in [0.15, 0.2) is 0 Å². The molecule has 2 aliphatic rings. The van der Waals surface area contributed by atoms with Crippen molar-refractivity contribution in [1.29, 1.82) is 0 Å². The van der Waals surface area contributed by atoms with Crippen molar-refractivity contribution in [2.24, 2.45) is 11.8 Å². The number of nitrogens with zero attached hydrogens (tertiary/aromatic N) is 1. The molecule has 2 rings (SSSR count). The van der Waals surface area contributed by atoms with Crippen molar-refractivity contribution >= 4 is 5.91 Å². The van der Waals surface area contributed by atoms with Gasteiger partial charge in [-0.25, -0.2) is 0 Å². The van der Waals surface area contributed by atoms with Gasteiger partial charge < -0.3 is 10.2 Å². The molecule has 16 heavy (non-hydrogen) atoms. The average Bonchev–Trinajstić information content (AvgIpc) is 2.24. The Morgan fingerprint density at radius 1 is 1.19 bits per heavy atom. The Labute approximate surface area is 98.6 Å². The summed E-state index contributed by atoms with van der Waals surface area (Å²) in [6, 6.07) is 0. The van der Waals surface area contributed by atoms with E-state index in [0.717, 1.165) is 32.0 Å². The second-order valence-electron chi connectivity index (χ2n) is 5.47. The minimum Gasteiger partial charge on any atom is -0.345 e. The second kappa shape index (κ2) is 5.67. The van der Waals surface area contributed by atoms with Crippen molar-refractivity contribution < 1.29 is 4.79 Å². The van der Waals surface area contributed by atoms with Crippen molar-refractivity contribution in [3.8, 4) is 0 Å². The average molecular weight is 224 g/mol. The summed E-state index contributed by atoms with van der Waals surface area (Å²) in [5, 5.41) is 3.34. The zero-order chi connectivity index (χ0) is 11.4. The third-order valence-corrected chi connectivity index (χ3v) is 4.10. The maximum absolute atomic E-state index is 12.0. The van der Waals surface area contributed by atoms with E-state index in [1.54, 1.807) is 0 Å². The largest absolute Gasteiger partial charge is 0.345 e. The highest BCUT2D eigenvalue weighted by Crippen LogP contribution is 2.27. The molecule has 1 amide bonds. The van der Waals surface area contributed by atoms with Gasteiger partial charge in [-0.15, -0.1) is 0 Å². The Morgan fingerprint density at radius 3 is 2.44 bits per heavy atom. The molecule has 1 saturated heterocycles. The third-order valence-electron chi connectivity index (χ3n) is 4.10. The molecule has 1 N–H and O–H groups in total. The summed E-state index contributed by atoms with van der Waals surface area (Å²) in [7, 11) is 1.97. The number of carbonyl (C=O) groups is 1. The van der Waals surface area contributed by atoms with Crippen LogP contribution >= 0.6 is 0 Å². The van der Waals surface area contributed by atoms with Gasteiger partial charge in [0.1, 0.15) is 0 Å². The second-order valence-corrected chi connectivity index (χ2v) is 5.47. The molecule has 1 heterocycles. The molecule has 0 radical (unpaired) electrons. The van der Waals surface area contributed by atoms with Gasteiger partial charge in [0.05, 0.1) is 0 Å². The van der Waals surface area contributed by atoms with E-state index in [9.17, 15) is 4.79 Å². The van der Waals surface area contributed by atoms with E-state index in [0.29, 0.717) is 11.8 Å². The summed E-state index contributed by atoms with van der Waals surface area (Å²) in [5.74, 6) is 1.78. The molecule has 1 aliphatic carbocycles. The lowest BCUT2D eigenvalue weighted by Gasteiger charge is -2.31. The van der Waals surface area contributed by atoms with Crippen LogP contribution in [-0.4, -0.2) is 37.5 Å². The predicted molar refractivity (Wildman–Crippen MR) is 65.2 cm³/mol. The zero-order valence-electron chi connectivity index (χ0n) is 10.4. The zero-order valence-corrected chi connectivity index (χ0v) is 10.4. The first-order valence-corrected chi connectivity index (χ1v) is 6.70. The highest BCUT2D eigenvalue weighted by Gasteiger charge is 2.23. The Bertz CT molecular complexity index is 232. The summed E-state index contributed by atoms with van der Waals surface area (Å²) < 4.78 is 0. The van der Waals surface area contributed by atoms with Crippen LogP contribution in [-0.2, 0) is 4.79 Å². The molecule has 0 spiro atoms. The number of hydrogen-bond donors (Lipinski definition) is 1. The summed E-state index contributed by atoms with van der Waals surface area (Å²) in [6.07, 6.45) is 7.12. The van der Waals surface area contributed by atoms with Gasteiger partial charge >= 0.3 is 0 Å². The van der Waals surface area contributed by atoms with Crippen LogP contribution in [0.1, 0.15) is 38.5 Å². The van der Waals surface area contributed by atoms with E-state index in [1.807, 2.05) is 11.9 Å². The molecule has 0 atom stereocenters. The minimum absolute atomic E-state index is 0.360. The monoisotopic (exact) mass is 224 g/mol. The first-order valence-electron chi connectivity index (χ1n) is 6.70. The Kier molecular flexibility index (Phi) is 4.22. The van der Waals surface area contributed by atoms with Crippen LogP contribution in [0.25, 0.3) is 0 Å². The SMILES string of the molecule is CN(CC1CCC1)C(=O)CC1CCNCC1. The molecule has 1 saturated carbocycles. The first-order chi connectivity index (χ1) is 7.75. The Balaban J connectivity index is 1.68. The molecule has 3 nitrogen and oxygen atoms in total. The number of carbonyl (C=O) groups excluding carboxylic acids is 1. The fourth-order valence-electron chi connectivity index (χ4n) is 2.65. The molecule has 92 valence electrons. The van der Waals surface area contributed by atoms with Crippen LogP contribution in [0.2, 0.25) is 0 Å². The molecule has 0 aromatic carbocycles. The number of nitrogens with one attached hydrogen (secondary N) is 1. The van der Waals surface area contributed by atoms with Crippen LogP contribution < -0.4 is 5.32 Å². The van der Waals surface area contributed by atoms with Gasteiger partial charge in [0, 0.05) is 20.0 Å². The van der Waals surface area contributed by atoms with Gasteiger partial charge in [0.2, 0.25) is 5.91 Å². The van der Waals surface area contributed by atoms with Crippen molar-refractivity contribution in [3.63, 3.8) is 0 Å². The van der Waals surface area contributed by atoms with E-state index in [4.69, 9.17) is 0 Å². The van der Waals surface area contributed by atoms with E-state index in [-0.39, 0.29) is 0 Å². The Hall–Kier alpha value is -0.570. The minimum atomic E-state index is 0.360.